The molecule has 2 rings (SSSR count). The van der Waals surface area contributed by atoms with Gasteiger partial charge in [0.2, 0.25) is 0 Å². The lowest BCUT2D eigenvalue weighted by atomic mass is 9.94. The molecular formula is C14H26N4. The molecule has 0 aromatic carbocycles. The van der Waals surface area contributed by atoms with E-state index in [2.05, 4.69) is 41.5 Å². The van der Waals surface area contributed by atoms with E-state index in [1.54, 1.807) is 0 Å². The second-order valence-electron chi connectivity index (χ2n) is 5.46. The third-order valence-electron chi connectivity index (χ3n) is 4.06. The van der Waals surface area contributed by atoms with Crippen molar-refractivity contribution in [2.24, 2.45) is 11.7 Å². The van der Waals surface area contributed by atoms with E-state index in [4.69, 9.17) is 5.73 Å². The SMILES string of the molecule is CCc1cc(CN2CCC(C)C(N)C2)n(CC)n1. The highest BCUT2D eigenvalue weighted by Gasteiger charge is 2.23. The van der Waals surface area contributed by atoms with Crippen molar-refractivity contribution in [1.82, 2.24) is 14.7 Å². The lowest BCUT2D eigenvalue weighted by Gasteiger charge is -2.34. The standard InChI is InChI=1S/C14H26N4/c1-4-12-8-13(18(5-2)16-12)9-17-7-6-11(3)14(15)10-17/h8,11,14H,4-7,9-10,15H2,1-3H3. The maximum absolute atomic E-state index is 6.16. The molecule has 1 aromatic rings. The van der Waals surface area contributed by atoms with Crippen LogP contribution in [0.2, 0.25) is 0 Å². The van der Waals surface area contributed by atoms with Crippen molar-refractivity contribution in [3.63, 3.8) is 0 Å². The molecule has 1 aliphatic heterocycles. The van der Waals surface area contributed by atoms with Crippen molar-refractivity contribution in [1.29, 1.82) is 0 Å². The van der Waals surface area contributed by atoms with Gasteiger partial charge in [0.25, 0.3) is 0 Å². The van der Waals surface area contributed by atoms with Crippen molar-refractivity contribution < 1.29 is 0 Å². The maximum atomic E-state index is 6.16. The number of hydrogen-bond donors (Lipinski definition) is 1. The molecule has 0 aliphatic carbocycles. The molecule has 102 valence electrons. The summed E-state index contributed by atoms with van der Waals surface area (Å²) in [5, 5.41) is 4.61. The maximum Gasteiger partial charge on any atom is 0.0625 e. The van der Waals surface area contributed by atoms with Gasteiger partial charge in [-0.25, -0.2) is 0 Å². The molecule has 0 saturated carbocycles. The van der Waals surface area contributed by atoms with E-state index in [0.717, 1.165) is 32.6 Å². The zero-order valence-corrected chi connectivity index (χ0v) is 11.9. The minimum absolute atomic E-state index is 0.322. The van der Waals surface area contributed by atoms with Gasteiger partial charge in [0.15, 0.2) is 0 Å². The second kappa shape index (κ2) is 5.85. The molecule has 1 aliphatic rings. The van der Waals surface area contributed by atoms with E-state index >= 15 is 0 Å². The number of nitrogens with zero attached hydrogens (tertiary/aromatic N) is 3. The number of hydrogen-bond acceptors (Lipinski definition) is 3. The molecule has 1 saturated heterocycles. The summed E-state index contributed by atoms with van der Waals surface area (Å²) in [5.74, 6) is 0.656. The Labute approximate surface area is 110 Å². The molecule has 2 heterocycles. The average molecular weight is 250 g/mol. The summed E-state index contributed by atoms with van der Waals surface area (Å²) in [5.41, 5.74) is 8.69. The molecule has 2 unspecified atom stereocenters. The van der Waals surface area contributed by atoms with E-state index < -0.39 is 0 Å². The van der Waals surface area contributed by atoms with Gasteiger partial charge in [0, 0.05) is 25.7 Å². The minimum Gasteiger partial charge on any atom is -0.326 e. The largest absolute Gasteiger partial charge is 0.326 e. The quantitative estimate of drug-likeness (QED) is 0.883. The van der Waals surface area contributed by atoms with Crippen LogP contribution in [0, 0.1) is 5.92 Å². The van der Waals surface area contributed by atoms with E-state index in [1.807, 2.05) is 0 Å². The van der Waals surface area contributed by atoms with Crippen LogP contribution in [0.4, 0.5) is 0 Å². The molecule has 2 atom stereocenters. The Morgan fingerprint density at radius 2 is 2.22 bits per heavy atom. The highest BCUT2D eigenvalue weighted by Crippen LogP contribution is 2.18. The van der Waals surface area contributed by atoms with Gasteiger partial charge in [0.05, 0.1) is 11.4 Å². The Bertz CT molecular complexity index is 385. The number of likely N-dealkylation sites (tertiary alicyclic amines) is 1. The zero-order valence-electron chi connectivity index (χ0n) is 11.9. The summed E-state index contributed by atoms with van der Waals surface area (Å²) in [7, 11) is 0. The van der Waals surface area contributed by atoms with E-state index in [0.29, 0.717) is 12.0 Å². The van der Waals surface area contributed by atoms with E-state index in [1.165, 1.54) is 17.8 Å². The van der Waals surface area contributed by atoms with Crippen LogP contribution in [0.25, 0.3) is 0 Å². The van der Waals surface area contributed by atoms with Crippen molar-refractivity contribution in [2.75, 3.05) is 13.1 Å². The number of aromatic nitrogens is 2. The fourth-order valence-electron chi connectivity index (χ4n) is 2.63. The van der Waals surface area contributed by atoms with Crippen LogP contribution in [0.5, 0.6) is 0 Å². The first-order valence-electron chi connectivity index (χ1n) is 7.17. The van der Waals surface area contributed by atoms with Gasteiger partial charge in [-0.05, 0) is 38.3 Å². The molecule has 0 spiro atoms. The fourth-order valence-corrected chi connectivity index (χ4v) is 2.63. The van der Waals surface area contributed by atoms with Crippen LogP contribution in [0.1, 0.15) is 38.6 Å². The third kappa shape index (κ3) is 2.93. The Balaban J connectivity index is 2.02. The van der Waals surface area contributed by atoms with Gasteiger partial charge in [-0.15, -0.1) is 0 Å². The highest BCUT2D eigenvalue weighted by molar-refractivity contribution is 5.10. The first kappa shape index (κ1) is 13.6. The molecule has 18 heavy (non-hydrogen) atoms. The van der Waals surface area contributed by atoms with Gasteiger partial charge in [-0.1, -0.05) is 13.8 Å². The minimum atomic E-state index is 0.322. The molecule has 1 aromatic heterocycles. The molecule has 2 N–H and O–H groups in total. The topological polar surface area (TPSA) is 47.1 Å². The molecule has 4 nitrogen and oxygen atoms in total. The summed E-state index contributed by atoms with van der Waals surface area (Å²) in [4.78, 5) is 2.47. The van der Waals surface area contributed by atoms with Crippen LogP contribution < -0.4 is 5.73 Å². The average Bonchev–Trinajstić information content (AvgIpc) is 2.76. The van der Waals surface area contributed by atoms with Gasteiger partial charge in [-0.2, -0.15) is 5.10 Å². The van der Waals surface area contributed by atoms with Gasteiger partial charge >= 0.3 is 0 Å². The van der Waals surface area contributed by atoms with Gasteiger partial charge in [-0.3, -0.25) is 9.58 Å². The number of nitrogens with two attached hydrogens (primary N) is 1. The van der Waals surface area contributed by atoms with E-state index in [9.17, 15) is 0 Å². The first-order valence-corrected chi connectivity index (χ1v) is 7.17. The predicted octanol–water partition coefficient (Wildman–Crippen LogP) is 1.63. The van der Waals surface area contributed by atoms with Crippen molar-refractivity contribution in [3.05, 3.63) is 17.5 Å². The Kier molecular flexibility index (Phi) is 4.40. The molecule has 0 radical (unpaired) electrons. The smallest absolute Gasteiger partial charge is 0.0625 e. The number of rotatable bonds is 4. The molecule has 0 bridgehead atoms. The van der Waals surface area contributed by atoms with Gasteiger partial charge < -0.3 is 5.73 Å². The Hall–Kier alpha value is -0.870. The Morgan fingerprint density at radius 1 is 1.44 bits per heavy atom. The summed E-state index contributed by atoms with van der Waals surface area (Å²) in [6.07, 6.45) is 2.22. The number of aryl methyl sites for hydroxylation is 2. The molecule has 1 fully saturated rings. The summed E-state index contributed by atoms with van der Waals surface area (Å²) >= 11 is 0. The normalized spacial score (nSPS) is 25.6. The lowest BCUT2D eigenvalue weighted by molar-refractivity contribution is 0.158. The third-order valence-corrected chi connectivity index (χ3v) is 4.06. The van der Waals surface area contributed by atoms with Crippen molar-refractivity contribution in [3.8, 4) is 0 Å². The van der Waals surface area contributed by atoms with Crippen LogP contribution in [-0.2, 0) is 19.5 Å². The van der Waals surface area contributed by atoms with Crippen LogP contribution >= 0.6 is 0 Å². The summed E-state index contributed by atoms with van der Waals surface area (Å²) in [6, 6.07) is 2.56. The molecule has 4 heteroatoms. The Morgan fingerprint density at radius 3 is 2.83 bits per heavy atom. The van der Waals surface area contributed by atoms with Crippen LogP contribution in [0.3, 0.4) is 0 Å². The van der Waals surface area contributed by atoms with Crippen molar-refractivity contribution >= 4 is 0 Å². The van der Waals surface area contributed by atoms with Crippen molar-refractivity contribution in [2.45, 2.75) is 52.7 Å². The number of piperidine rings is 1. The highest BCUT2D eigenvalue weighted by atomic mass is 15.3. The molecule has 0 amide bonds. The van der Waals surface area contributed by atoms with Gasteiger partial charge in [0.1, 0.15) is 0 Å². The predicted molar refractivity (Wildman–Crippen MR) is 74.3 cm³/mol. The first-order chi connectivity index (χ1) is 8.63. The second-order valence-corrected chi connectivity index (χ2v) is 5.46. The zero-order chi connectivity index (χ0) is 13.1. The summed E-state index contributed by atoms with van der Waals surface area (Å²) < 4.78 is 2.13. The lowest BCUT2D eigenvalue weighted by Crippen LogP contribution is -2.47. The van der Waals surface area contributed by atoms with Crippen LogP contribution in [-0.4, -0.2) is 33.8 Å². The van der Waals surface area contributed by atoms with Crippen LogP contribution in [0.15, 0.2) is 6.07 Å². The summed E-state index contributed by atoms with van der Waals surface area (Å²) in [6.45, 7) is 10.7. The fraction of sp³-hybridized carbons (Fsp3) is 0.786. The van der Waals surface area contributed by atoms with E-state index in [-0.39, 0.29) is 0 Å². The monoisotopic (exact) mass is 250 g/mol. The molecular weight excluding hydrogens is 224 g/mol.